The Kier molecular flexibility index (Phi) is 18.5. The van der Waals surface area contributed by atoms with E-state index in [4.69, 9.17) is 35.4 Å². The second-order valence-corrected chi connectivity index (χ2v) is 5.54. The Labute approximate surface area is 81.0 Å². The minimum absolute atomic E-state index is 0. The van der Waals surface area contributed by atoms with E-state index in [0.29, 0.717) is 0 Å². The molecule has 0 aliphatic carbocycles. The van der Waals surface area contributed by atoms with Gasteiger partial charge in [-0.15, -0.1) is 0 Å². The third-order valence-electron chi connectivity index (χ3n) is 0. The first-order valence-electron chi connectivity index (χ1n) is 1.04. The third-order valence-corrected chi connectivity index (χ3v) is 0. The maximum absolute atomic E-state index is 8.52. The van der Waals surface area contributed by atoms with Crippen molar-refractivity contribution >= 4 is 47.1 Å². The van der Waals surface area contributed by atoms with Gasteiger partial charge in [-0.1, -0.05) is 0 Å². The summed E-state index contributed by atoms with van der Waals surface area (Å²) in [6, 6.07) is 0. The Bertz CT molecular complexity index is 113. The molecule has 0 fully saturated rings. The Balaban J connectivity index is -0.0000000800. The van der Waals surface area contributed by atoms with Gasteiger partial charge >= 0.3 is 53.8 Å². The Hall–Kier alpha value is 1.77. The van der Waals surface area contributed by atoms with Crippen LogP contribution in [-0.4, -0.2) is 36.4 Å². The largest absolute Gasteiger partial charge is 2.00 e. The molecule has 0 rings (SSSR count). The molecule has 0 heterocycles. The Morgan fingerprint density at radius 1 is 1.22 bits per heavy atom. The smallest absolute Gasteiger partial charge is 2.00 e. The summed E-state index contributed by atoms with van der Waals surface area (Å²) in [5, 5.41) is 0. The van der Waals surface area contributed by atoms with Gasteiger partial charge in [-0.25, -0.2) is 0 Å². The number of hydrogen-bond donors (Lipinski definition) is 0. The van der Waals surface area contributed by atoms with Gasteiger partial charge in [-0.05, 0) is 0 Å². The van der Waals surface area contributed by atoms with Gasteiger partial charge in [0, 0.05) is 10.4 Å². The van der Waals surface area contributed by atoms with Gasteiger partial charge in [0.15, 0.2) is 0 Å². The fourth-order valence-corrected chi connectivity index (χ4v) is 0. The molecule has 0 N–H and O–H groups in total. The standard InChI is InChI=1S/2ClH.Fe.H2O4S.Sn/c;;;1-5(2,3)4;/h2*1H;;(H2,1,2,3,4);/q;;+2;;+2/p-4. The maximum Gasteiger partial charge on any atom is 2.00 e. The Morgan fingerprint density at radius 2 is 1.22 bits per heavy atom. The number of rotatable bonds is 0. The summed E-state index contributed by atoms with van der Waals surface area (Å²) in [5.74, 6) is 0. The summed E-state index contributed by atoms with van der Waals surface area (Å²) in [7, 11) is 4.70. The molecule has 0 atom stereocenters. The van der Waals surface area contributed by atoms with Crippen molar-refractivity contribution in [3.05, 3.63) is 0 Å². The van der Waals surface area contributed by atoms with Crippen LogP contribution in [0.25, 0.3) is 0 Å². The van der Waals surface area contributed by atoms with E-state index >= 15 is 0 Å². The van der Waals surface area contributed by atoms with E-state index < -0.39 is 29.3 Å². The second-order valence-electron chi connectivity index (χ2n) is 0.480. The fourth-order valence-electron chi connectivity index (χ4n) is 0. The summed E-state index contributed by atoms with van der Waals surface area (Å²) in [6.45, 7) is 0. The first-order valence-corrected chi connectivity index (χ1v) is 9.61. The third kappa shape index (κ3) is 189. The molecule has 0 spiro atoms. The van der Waals surface area contributed by atoms with Crippen LogP contribution >= 0.6 is 17.8 Å². The maximum atomic E-state index is 8.52. The van der Waals surface area contributed by atoms with Crippen molar-refractivity contribution in [1.29, 1.82) is 0 Å². The molecule has 0 amide bonds. The monoisotopic (exact) mass is 342 g/mol. The molecule has 0 aromatic carbocycles. The van der Waals surface area contributed by atoms with Crippen LogP contribution in [0.5, 0.6) is 0 Å². The van der Waals surface area contributed by atoms with Crippen LogP contribution in [0.4, 0.5) is 0 Å². The first-order chi connectivity index (χ1) is 3.41. The molecule has 0 aromatic heterocycles. The topological polar surface area (TPSA) is 80.3 Å². The average molecular weight is 342 g/mol. The normalized spacial score (nSPS) is 8.44. The van der Waals surface area contributed by atoms with Gasteiger partial charge in [0.05, 0.1) is 0 Å². The van der Waals surface area contributed by atoms with Crippen LogP contribution in [0.15, 0.2) is 0 Å². The minimum Gasteiger partial charge on any atom is 2.00 e. The SMILES string of the molecule is O=S(=O)([O-])[O-].[Cl][Sn][Cl].[Fe+2]. The summed E-state index contributed by atoms with van der Waals surface area (Å²) in [5.41, 5.74) is 0. The predicted molar refractivity (Wildman–Crippen MR) is 27.9 cm³/mol. The summed E-state index contributed by atoms with van der Waals surface area (Å²) in [4.78, 5) is 0. The van der Waals surface area contributed by atoms with E-state index in [9.17, 15) is 0 Å². The molecule has 0 unspecified atom stereocenters. The molecule has 9 heteroatoms. The zero-order chi connectivity index (χ0) is 7.21. The van der Waals surface area contributed by atoms with Crippen LogP contribution in [-0.2, 0) is 27.5 Å². The van der Waals surface area contributed by atoms with E-state index in [-0.39, 0.29) is 17.1 Å². The van der Waals surface area contributed by atoms with E-state index in [1.807, 2.05) is 0 Å². The first kappa shape index (κ1) is 17.0. The molecule has 0 aromatic rings. The van der Waals surface area contributed by atoms with E-state index in [1.54, 1.807) is 0 Å². The molecule has 0 aliphatic heterocycles. The van der Waals surface area contributed by atoms with Crippen LogP contribution in [0.1, 0.15) is 0 Å². The van der Waals surface area contributed by atoms with Crippen molar-refractivity contribution in [3.63, 3.8) is 0 Å². The van der Waals surface area contributed by atoms with Gasteiger partial charge in [0.1, 0.15) is 0 Å². The van der Waals surface area contributed by atoms with Crippen molar-refractivity contribution in [3.8, 4) is 0 Å². The fraction of sp³-hybridized carbons (Fsp3) is 0. The van der Waals surface area contributed by atoms with E-state index in [1.165, 1.54) is 0 Å². The van der Waals surface area contributed by atoms with Crippen LogP contribution in [0.2, 0.25) is 0 Å². The molecule has 0 saturated heterocycles. The molecule has 2 radical (unpaired) electrons. The molecule has 9 heavy (non-hydrogen) atoms. The average Bonchev–Trinajstić information content (AvgIpc) is 1.27. The van der Waals surface area contributed by atoms with Crippen molar-refractivity contribution in [1.82, 2.24) is 0 Å². The Morgan fingerprint density at radius 3 is 1.22 bits per heavy atom. The number of halogens is 2. The zero-order valence-electron chi connectivity index (χ0n) is 3.65. The van der Waals surface area contributed by atoms with Crippen molar-refractivity contribution < 1.29 is 34.6 Å². The summed E-state index contributed by atoms with van der Waals surface area (Å²) < 4.78 is 34.1. The summed E-state index contributed by atoms with van der Waals surface area (Å²) in [6.07, 6.45) is 0. The molecule has 56 valence electrons. The van der Waals surface area contributed by atoms with Gasteiger partial charge in [0.25, 0.3) is 0 Å². The summed E-state index contributed by atoms with van der Waals surface area (Å²) >= 11 is -0.826. The van der Waals surface area contributed by atoms with Crippen molar-refractivity contribution in [2.24, 2.45) is 0 Å². The molecule has 4 nitrogen and oxygen atoms in total. The molecular weight excluding hydrogens is 342 g/mol. The molecule has 0 saturated carbocycles. The predicted octanol–water partition coefficient (Wildman–Crippen LogP) is -0.342. The zero-order valence-corrected chi connectivity index (χ0v) is 9.94. The van der Waals surface area contributed by atoms with Gasteiger partial charge in [-0.3, -0.25) is 8.42 Å². The van der Waals surface area contributed by atoms with Gasteiger partial charge in [0.2, 0.25) is 0 Å². The van der Waals surface area contributed by atoms with Gasteiger partial charge < -0.3 is 9.11 Å². The second kappa shape index (κ2) is 9.77. The van der Waals surface area contributed by atoms with Gasteiger partial charge in [-0.2, -0.15) is 0 Å². The molecular formula is Cl2FeO4SSn. The molecule has 0 bridgehead atoms. The minimum atomic E-state index is -5.17. The van der Waals surface area contributed by atoms with Crippen LogP contribution in [0.3, 0.4) is 0 Å². The van der Waals surface area contributed by atoms with Crippen LogP contribution in [0, 0.1) is 0 Å². The van der Waals surface area contributed by atoms with E-state index in [0.717, 1.165) is 0 Å². The van der Waals surface area contributed by atoms with E-state index in [2.05, 4.69) is 0 Å². The van der Waals surface area contributed by atoms with Crippen molar-refractivity contribution in [2.45, 2.75) is 0 Å². The van der Waals surface area contributed by atoms with Crippen LogP contribution < -0.4 is 0 Å². The quantitative estimate of drug-likeness (QED) is 0.343. The number of hydrogen-bond acceptors (Lipinski definition) is 4. The molecule has 0 aliphatic rings. The van der Waals surface area contributed by atoms with Crippen molar-refractivity contribution in [2.75, 3.05) is 0 Å².